The van der Waals surface area contributed by atoms with E-state index >= 15 is 0 Å². The van der Waals surface area contributed by atoms with Crippen molar-refractivity contribution in [1.29, 1.82) is 0 Å². The molecule has 0 saturated carbocycles. The summed E-state index contributed by atoms with van der Waals surface area (Å²) in [6.45, 7) is 0. The Morgan fingerprint density at radius 1 is 1.50 bits per heavy atom. The maximum atomic E-state index is 13.2. The van der Waals surface area contributed by atoms with Crippen molar-refractivity contribution in [2.45, 2.75) is 6.42 Å². The van der Waals surface area contributed by atoms with Gasteiger partial charge in [0.25, 0.3) is 0 Å². The minimum absolute atomic E-state index is 0.0521. The van der Waals surface area contributed by atoms with Gasteiger partial charge >= 0.3 is 5.97 Å². The Morgan fingerprint density at radius 3 is 2.69 bits per heavy atom. The van der Waals surface area contributed by atoms with Gasteiger partial charge in [0.2, 0.25) is 5.91 Å². The van der Waals surface area contributed by atoms with Gasteiger partial charge in [-0.1, -0.05) is 0 Å². The van der Waals surface area contributed by atoms with Crippen LogP contribution in [-0.2, 0) is 9.59 Å². The predicted octanol–water partition coefficient (Wildman–Crippen LogP) is 1.25. The molecule has 0 unspecified atom stereocenters. The van der Waals surface area contributed by atoms with Crippen molar-refractivity contribution < 1.29 is 23.8 Å². The number of amides is 1. The Morgan fingerprint density at radius 2 is 2.19 bits per heavy atom. The third-order valence-corrected chi connectivity index (χ3v) is 1.75. The molecular formula is C10H10FNO4. The molecule has 5 nitrogen and oxygen atoms in total. The van der Waals surface area contributed by atoms with Gasteiger partial charge in [0.1, 0.15) is 6.42 Å². The lowest BCUT2D eigenvalue weighted by Gasteiger charge is -2.06. The molecule has 1 aromatic rings. The zero-order valence-corrected chi connectivity index (χ0v) is 8.49. The number of anilines is 1. The van der Waals surface area contributed by atoms with Crippen LogP contribution in [0.25, 0.3) is 0 Å². The number of methoxy groups -OCH3 is 1. The minimum Gasteiger partial charge on any atom is -0.494 e. The Balaban J connectivity index is 2.71. The van der Waals surface area contributed by atoms with E-state index in [9.17, 15) is 14.0 Å². The molecule has 1 rings (SSSR count). The largest absolute Gasteiger partial charge is 0.494 e. The highest BCUT2D eigenvalue weighted by molar-refractivity contribution is 6.01. The van der Waals surface area contributed by atoms with Crippen LogP contribution in [0.1, 0.15) is 6.42 Å². The molecular weight excluding hydrogens is 217 g/mol. The first kappa shape index (κ1) is 12.0. The smallest absolute Gasteiger partial charge is 0.312 e. The molecule has 6 heteroatoms. The Labute approximate surface area is 90.8 Å². The summed E-state index contributed by atoms with van der Waals surface area (Å²) in [7, 11) is 1.32. The quantitative estimate of drug-likeness (QED) is 0.759. The Hall–Kier alpha value is -2.11. The van der Waals surface area contributed by atoms with E-state index in [4.69, 9.17) is 5.11 Å². The van der Waals surface area contributed by atoms with Crippen molar-refractivity contribution in [2.75, 3.05) is 12.4 Å². The van der Waals surface area contributed by atoms with Crippen LogP contribution in [0, 0.1) is 5.82 Å². The fourth-order valence-corrected chi connectivity index (χ4v) is 1.09. The molecule has 0 atom stereocenters. The highest BCUT2D eigenvalue weighted by atomic mass is 19.1. The molecule has 0 fully saturated rings. The van der Waals surface area contributed by atoms with Gasteiger partial charge in [0.15, 0.2) is 11.6 Å². The van der Waals surface area contributed by atoms with E-state index in [1.54, 1.807) is 0 Å². The zero-order valence-electron chi connectivity index (χ0n) is 8.49. The number of rotatable bonds is 4. The number of benzene rings is 1. The number of hydrogen-bond donors (Lipinski definition) is 2. The molecule has 2 N–H and O–H groups in total. The van der Waals surface area contributed by atoms with Gasteiger partial charge in [0, 0.05) is 11.8 Å². The predicted molar refractivity (Wildman–Crippen MR) is 53.8 cm³/mol. The van der Waals surface area contributed by atoms with Crippen LogP contribution in [0.3, 0.4) is 0 Å². The molecule has 86 valence electrons. The van der Waals surface area contributed by atoms with Crippen LogP contribution in [-0.4, -0.2) is 24.1 Å². The summed E-state index contributed by atoms with van der Waals surface area (Å²) in [4.78, 5) is 21.3. The summed E-state index contributed by atoms with van der Waals surface area (Å²) in [5.41, 5.74) is 0.185. The normalized spacial score (nSPS) is 9.62. The molecule has 0 spiro atoms. The van der Waals surface area contributed by atoms with Crippen LogP contribution in [0.4, 0.5) is 10.1 Å². The van der Waals surface area contributed by atoms with Gasteiger partial charge in [-0.2, -0.15) is 0 Å². The van der Waals surface area contributed by atoms with E-state index in [0.717, 1.165) is 6.07 Å². The molecule has 1 amide bonds. The van der Waals surface area contributed by atoms with Crippen LogP contribution < -0.4 is 10.1 Å². The van der Waals surface area contributed by atoms with Crippen LogP contribution >= 0.6 is 0 Å². The van der Waals surface area contributed by atoms with Crippen molar-refractivity contribution in [1.82, 2.24) is 0 Å². The van der Waals surface area contributed by atoms with Gasteiger partial charge in [-0.05, 0) is 12.1 Å². The van der Waals surface area contributed by atoms with Crippen molar-refractivity contribution in [3.63, 3.8) is 0 Å². The van der Waals surface area contributed by atoms with Crippen molar-refractivity contribution in [3.05, 3.63) is 24.0 Å². The topological polar surface area (TPSA) is 75.6 Å². The zero-order chi connectivity index (χ0) is 12.1. The van der Waals surface area contributed by atoms with Crippen molar-refractivity contribution >= 4 is 17.6 Å². The van der Waals surface area contributed by atoms with E-state index in [1.807, 2.05) is 0 Å². The fraction of sp³-hybridized carbons (Fsp3) is 0.200. The summed E-state index contributed by atoms with van der Waals surface area (Å²) in [6, 6.07) is 3.81. The van der Waals surface area contributed by atoms with Crippen LogP contribution in [0.5, 0.6) is 5.75 Å². The number of carbonyl (C=O) groups is 2. The van der Waals surface area contributed by atoms with E-state index in [-0.39, 0.29) is 11.4 Å². The molecule has 0 radical (unpaired) electrons. The molecule has 0 heterocycles. The molecule has 0 bridgehead atoms. The van der Waals surface area contributed by atoms with Crippen molar-refractivity contribution in [2.24, 2.45) is 0 Å². The highest BCUT2D eigenvalue weighted by Gasteiger charge is 2.09. The first-order valence-corrected chi connectivity index (χ1v) is 4.38. The van der Waals surface area contributed by atoms with E-state index in [0.29, 0.717) is 0 Å². The lowest BCUT2D eigenvalue weighted by atomic mass is 10.2. The number of carbonyl (C=O) groups excluding carboxylic acids is 1. The molecule has 1 aromatic carbocycles. The number of hydrogen-bond acceptors (Lipinski definition) is 3. The third kappa shape index (κ3) is 3.23. The maximum absolute atomic E-state index is 13.2. The summed E-state index contributed by atoms with van der Waals surface area (Å²) in [5, 5.41) is 10.6. The SMILES string of the molecule is COc1ccc(NC(=O)CC(=O)O)cc1F. The number of carboxylic acids is 1. The Kier molecular flexibility index (Phi) is 3.82. The second-order valence-corrected chi connectivity index (χ2v) is 2.97. The second kappa shape index (κ2) is 5.11. The Bertz CT molecular complexity index is 419. The number of ether oxygens (including phenoxy) is 1. The van der Waals surface area contributed by atoms with Crippen molar-refractivity contribution in [3.8, 4) is 5.75 Å². The van der Waals surface area contributed by atoms with E-state index in [1.165, 1.54) is 19.2 Å². The maximum Gasteiger partial charge on any atom is 0.312 e. The van der Waals surface area contributed by atoms with Crippen LogP contribution in [0.2, 0.25) is 0 Å². The first-order chi connectivity index (χ1) is 7.52. The first-order valence-electron chi connectivity index (χ1n) is 4.38. The van der Waals surface area contributed by atoms with Gasteiger partial charge < -0.3 is 15.2 Å². The number of carboxylic acid groups (broad SMARTS) is 1. The minimum atomic E-state index is -1.24. The van der Waals surface area contributed by atoms with Gasteiger partial charge in [-0.25, -0.2) is 4.39 Å². The third-order valence-electron chi connectivity index (χ3n) is 1.75. The molecule has 0 aliphatic heterocycles. The highest BCUT2D eigenvalue weighted by Crippen LogP contribution is 2.20. The molecule has 0 saturated heterocycles. The van der Waals surface area contributed by atoms with Gasteiger partial charge in [-0.3, -0.25) is 9.59 Å². The fourth-order valence-electron chi connectivity index (χ4n) is 1.09. The molecule has 0 aliphatic carbocycles. The lowest BCUT2D eigenvalue weighted by Crippen LogP contribution is -2.15. The van der Waals surface area contributed by atoms with Gasteiger partial charge in [0.05, 0.1) is 7.11 Å². The standard InChI is InChI=1S/C10H10FNO4/c1-16-8-3-2-6(4-7(8)11)12-9(13)5-10(14)15/h2-4H,5H2,1H3,(H,12,13)(H,14,15). The molecule has 0 aliphatic rings. The number of nitrogens with one attached hydrogen (secondary N) is 1. The molecule has 16 heavy (non-hydrogen) atoms. The van der Waals surface area contributed by atoms with Crippen LogP contribution in [0.15, 0.2) is 18.2 Å². The number of halogens is 1. The second-order valence-electron chi connectivity index (χ2n) is 2.97. The lowest BCUT2D eigenvalue weighted by molar-refractivity contribution is -0.139. The number of aliphatic carboxylic acids is 1. The summed E-state index contributed by atoms with van der Waals surface area (Å²) in [5.74, 6) is -2.53. The van der Waals surface area contributed by atoms with E-state index < -0.39 is 24.1 Å². The summed E-state index contributed by atoms with van der Waals surface area (Å²) in [6.07, 6.45) is -0.659. The monoisotopic (exact) mass is 227 g/mol. The average Bonchev–Trinajstić information content (AvgIpc) is 2.16. The average molecular weight is 227 g/mol. The summed E-state index contributed by atoms with van der Waals surface area (Å²) < 4.78 is 17.9. The van der Waals surface area contributed by atoms with Gasteiger partial charge in [-0.15, -0.1) is 0 Å². The summed E-state index contributed by atoms with van der Waals surface area (Å²) >= 11 is 0. The van der Waals surface area contributed by atoms with E-state index in [2.05, 4.69) is 10.1 Å². The molecule has 0 aromatic heterocycles.